The molecule has 5 heterocycles. The van der Waals surface area contributed by atoms with Crippen LogP contribution in [0, 0.1) is 11.6 Å². The fourth-order valence-corrected chi connectivity index (χ4v) is 6.18. The number of carboxylic acid groups (broad SMARTS) is 1. The molecule has 0 unspecified atom stereocenters. The van der Waals surface area contributed by atoms with Crippen molar-refractivity contribution in [2.45, 2.75) is 71.8 Å². The molecule has 0 radical (unpaired) electrons. The molecule has 2 aromatic carbocycles. The highest BCUT2D eigenvalue weighted by molar-refractivity contribution is 5.99. The Labute approximate surface area is 310 Å². The average Bonchev–Trinajstić information content (AvgIpc) is 3.73. The lowest BCUT2D eigenvalue weighted by Crippen LogP contribution is -2.63. The second-order valence-corrected chi connectivity index (χ2v) is 15.8. The summed E-state index contributed by atoms with van der Waals surface area (Å²) in [6.07, 6.45) is 2.99. The quantitative estimate of drug-likeness (QED) is 0.203. The van der Waals surface area contributed by atoms with E-state index in [0.29, 0.717) is 35.8 Å². The van der Waals surface area contributed by atoms with Gasteiger partial charge in [0.1, 0.15) is 22.9 Å². The van der Waals surface area contributed by atoms with Crippen LogP contribution in [-0.2, 0) is 15.6 Å². The van der Waals surface area contributed by atoms with E-state index in [1.165, 1.54) is 35.0 Å². The molecule has 1 saturated heterocycles. The smallest absolute Gasteiger partial charge is 0.356 e. The molecule has 0 aliphatic carbocycles. The number of hydrogen-bond acceptors (Lipinski definition) is 7. The Balaban J connectivity index is 0.000000193. The standard InChI is InChI=1S/C23H26FN5O2.C17H16FN3O2/c1-22(2,3)16-12-17(14-6-8-15(24)9-7-14)27-29-13-18(26-19(16)29)20(30)28-11-10-25-21(31)23(28,4)5;1-17(2,3)12-8-13(10-4-6-11(18)7-5-10)20-21-9-14(16(22)23)19-15(12)21/h6-9,12-13H,10-11H2,1-5H3,(H,25,31);4-9H,1-3H3,(H,22,23). The second-order valence-electron chi connectivity index (χ2n) is 15.8. The van der Waals surface area contributed by atoms with Crippen LogP contribution in [0.3, 0.4) is 0 Å². The summed E-state index contributed by atoms with van der Waals surface area (Å²) in [7, 11) is 0. The number of fused-ring (bicyclic) bond motifs is 2. The third-order valence-corrected chi connectivity index (χ3v) is 9.28. The number of benzene rings is 2. The molecule has 12 nitrogen and oxygen atoms in total. The molecule has 2 N–H and O–H groups in total. The number of rotatable bonds is 4. The number of carbonyl (C=O) groups excluding carboxylic acids is 2. The molecule has 6 aromatic rings. The highest BCUT2D eigenvalue weighted by atomic mass is 19.1. The van der Waals surface area contributed by atoms with Crippen molar-refractivity contribution in [1.82, 2.24) is 39.4 Å². The minimum atomic E-state index is -1.10. The van der Waals surface area contributed by atoms with Gasteiger partial charge in [-0.3, -0.25) is 9.59 Å². The molecule has 0 spiro atoms. The van der Waals surface area contributed by atoms with Crippen LogP contribution in [0.25, 0.3) is 33.8 Å². The largest absolute Gasteiger partial charge is 0.476 e. The molecule has 1 fully saturated rings. The summed E-state index contributed by atoms with van der Waals surface area (Å²) in [5.41, 5.74) is 4.39. The number of aromatic nitrogens is 6. The van der Waals surface area contributed by atoms with E-state index in [0.717, 1.165) is 22.3 Å². The van der Waals surface area contributed by atoms with Crippen LogP contribution in [0.1, 0.15) is 87.5 Å². The summed E-state index contributed by atoms with van der Waals surface area (Å²) < 4.78 is 29.6. The van der Waals surface area contributed by atoms with Gasteiger partial charge in [0.05, 0.1) is 23.8 Å². The number of carboxylic acids is 1. The Morgan fingerprint density at radius 1 is 0.741 bits per heavy atom. The molecule has 7 rings (SSSR count). The monoisotopic (exact) mass is 736 g/mol. The molecule has 4 aromatic heterocycles. The number of aromatic carboxylic acids is 1. The summed E-state index contributed by atoms with van der Waals surface area (Å²) in [6.45, 7) is 16.5. The first-order valence-electron chi connectivity index (χ1n) is 17.4. The van der Waals surface area contributed by atoms with Crippen molar-refractivity contribution >= 4 is 29.1 Å². The van der Waals surface area contributed by atoms with Crippen molar-refractivity contribution in [3.8, 4) is 22.5 Å². The zero-order valence-electron chi connectivity index (χ0n) is 31.4. The van der Waals surface area contributed by atoms with E-state index in [1.54, 1.807) is 53.7 Å². The van der Waals surface area contributed by atoms with E-state index in [1.807, 2.05) is 32.9 Å². The number of nitrogens with one attached hydrogen (secondary N) is 1. The fourth-order valence-electron chi connectivity index (χ4n) is 6.18. The van der Waals surface area contributed by atoms with Gasteiger partial charge in [-0.2, -0.15) is 10.2 Å². The number of hydrogen-bond donors (Lipinski definition) is 2. The maximum atomic E-state index is 13.4. The lowest BCUT2D eigenvalue weighted by atomic mass is 9.87. The van der Waals surface area contributed by atoms with Gasteiger partial charge in [0, 0.05) is 35.3 Å². The molecule has 0 saturated carbocycles. The normalized spacial score (nSPS) is 14.5. The predicted octanol–water partition coefficient (Wildman–Crippen LogP) is 6.71. The first-order valence-corrected chi connectivity index (χ1v) is 17.4. The number of piperazine rings is 1. The number of imidazole rings is 2. The molecule has 1 aliphatic heterocycles. The molecule has 54 heavy (non-hydrogen) atoms. The third kappa shape index (κ3) is 7.41. The Morgan fingerprint density at radius 2 is 1.17 bits per heavy atom. The zero-order chi connectivity index (χ0) is 39.3. The number of carbonyl (C=O) groups is 3. The lowest BCUT2D eigenvalue weighted by Gasteiger charge is -2.40. The molecular weight excluding hydrogens is 694 g/mol. The van der Waals surface area contributed by atoms with Crippen LogP contribution in [0.4, 0.5) is 8.78 Å². The first kappa shape index (κ1) is 37.7. The van der Waals surface area contributed by atoms with Crippen molar-refractivity contribution in [3.63, 3.8) is 0 Å². The van der Waals surface area contributed by atoms with Gasteiger partial charge in [0.2, 0.25) is 5.91 Å². The van der Waals surface area contributed by atoms with Crippen molar-refractivity contribution < 1.29 is 28.3 Å². The van der Waals surface area contributed by atoms with E-state index in [-0.39, 0.29) is 45.7 Å². The van der Waals surface area contributed by atoms with Crippen LogP contribution in [0.2, 0.25) is 0 Å². The van der Waals surface area contributed by atoms with Crippen molar-refractivity contribution in [3.05, 3.63) is 107 Å². The van der Waals surface area contributed by atoms with Gasteiger partial charge in [-0.1, -0.05) is 41.5 Å². The minimum Gasteiger partial charge on any atom is -0.476 e. The summed E-state index contributed by atoms with van der Waals surface area (Å²) >= 11 is 0. The van der Waals surface area contributed by atoms with Gasteiger partial charge in [-0.05, 0) is 85.3 Å². The van der Waals surface area contributed by atoms with E-state index in [4.69, 9.17) is 5.11 Å². The Bertz CT molecular complexity index is 2400. The number of amides is 2. The van der Waals surface area contributed by atoms with E-state index < -0.39 is 11.5 Å². The lowest BCUT2D eigenvalue weighted by molar-refractivity contribution is -0.133. The highest BCUT2D eigenvalue weighted by Crippen LogP contribution is 2.32. The SMILES string of the molecule is CC(C)(C)c1cc(-c2ccc(F)cc2)nn2cc(C(=O)N3CCNC(=O)C3(C)C)nc12.CC(C)(C)c1cc(-c2ccc(F)cc2)nn2cc(C(=O)O)nc12. The van der Waals surface area contributed by atoms with Crippen LogP contribution in [0.5, 0.6) is 0 Å². The Morgan fingerprint density at radius 3 is 1.59 bits per heavy atom. The van der Waals surface area contributed by atoms with Crippen LogP contribution >= 0.6 is 0 Å². The fraction of sp³-hybridized carbons (Fsp3) is 0.325. The van der Waals surface area contributed by atoms with E-state index >= 15 is 0 Å². The summed E-state index contributed by atoms with van der Waals surface area (Å²) in [5.74, 6) is -2.23. The van der Waals surface area contributed by atoms with Gasteiger partial charge < -0.3 is 15.3 Å². The topological polar surface area (TPSA) is 147 Å². The molecule has 0 atom stereocenters. The van der Waals surface area contributed by atoms with Gasteiger partial charge >= 0.3 is 5.97 Å². The van der Waals surface area contributed by atoms with Crippen LogP contribution in [0.15, 0.2) is 73.1 Å². The molecule has 14 heteroatoms. The molecule has 280 valence electrons. The van der Waals surface area contributed by atoms with Gasteiger partial charge in [-0.15, -0.1) is 0 Å². The third-order valence-electron chi connectivity index (χ3n) is 9.28. The molecule has 1 aliphatic rings. The van der Waals surface area contributed by atoms with Crippen molar-refractivity contribution in [2.75, 3.05) is 13.1 Å². The summed E-state index contributed by atoms with van der Waals surface area (Å²) in [6, 6.07) is 16.0. The second kappa shape index (κ2) is 13.7. The predicted molar refractivity (Wildman–Crippen MR) is 199 cm³/mol. The maximum absolute atomic E-state index is 13.4. The van der Waals surface area contributed by atoms with Crippen molar-refractivity contribution in [1.29, 1.82) is 0 Å². The zero-order valence-corrected chi connectivity index (χ0v) is 31.4. The van der Waals surface area contributed by atoms with Crippen molar-refractivity contribution in [2.24, 2.45) is 0 Å². The van der Waals surface area contributed by atoms with E-state index in [9.17, 15) is 23.2 Å². The Kier molecular flexibility index (Phi) is 9.59. The van der Waals surface area contributed by atoms with Crippen LogP contribution < -0.4 is 5.32 Å². The minimum absolute atomic E-state index is 0.0562. The highest BCUT2D eigenvalue weighted by Gasteiger charge is 2.41. The number of nitrogens with zero attached hydrogens (tertiary/aromatic N) is 7. The average molecular weight is 737 g/mol. The summed E-state index contributed by atoms with van der Waals surface area (Å²) in [4.78, 5) is 47.1. The molecular formula is C40H42F2N8O4. The molecule has 2 amide bonds. The maximum Gasteiger partial charge on any atom is 0.356 e. The van der Waals surface area contributed by atoms with Crippen LogP contribution in [-0.4, -0.2) is 75.6 Å². The summed E-state index contributed by atoms with van der Waals surface area (Å²) in [5, 5.41) is 21.0. The van der Waals surface area contributed by atoms with E-state index in [2.05, 4.69) is 46.3 Å². The van der Waals surface area contributed by atoms with Gasteiger partial charge in [0.15, 0.2) is 17.0 Å². The molecule has 0 bridgehead atoms. The Hall–Kier alpha value is -6.05. The first-order chi connectivity index (χ1) is 25.2. The van der Waals surface area contributed by atoms with Gasteiger partial charge in [0.25, 0.3) is 5.91 Å². The number of halogens is 2. The van der Waals surface area contributed by atoms with Gasteiger partial charge in [-0.25, -0.2) is 32.6 Å².